The Kier molecular flexibility index (Phi) is 6.25. The van der Waals surface area contributed by atoms with Gasteiger partial charge in [-0.25, -0.2) is 18.8 Å². The number of benzene rings is 1. The number of hydrogen-bond acceptors (Lipinski definition) is 3. The molecule has 0 N–H and O–H groups in total. The molecule has 128 valence electrons. The maximum absolute atomic E-state index is 13.2. The van der Waals surface area contributed by atoms with Gasteiger partial charge in [-0.3, -0.25) is 0 Å². The first-order chi connectivity index (χ1) is 11.4. The molecule has 0 spiro atoms. The molecule has 0 aliphatic carbocycles. The molecule has 0 bridgehead atoms. The molecular weight excluding hydrogens is 380 g/mol. The summed E-state index contributed by atoms with van der Waals surface area (Å²) in [6, 6.07) is 5.07. The van der Waals surface area contributed by atoms with Crippen molar-refractivity contribution in [3.8, 4) is 5.88 Å². The molecule has 0 unspecified atom stereocenters. The summed E-state index contributed by atoms with van der Waals surface area (Å²) in [6.07, 6.45) is 1.73. The predicted molar refractivity (Wildman–Crippen MR) is 93.8 cm³/mol. The van der Waals surface area contributed by atoms with Crippen LogP contribution in [-0.4, -0.2) is 29.8 Å². The van der Waals surface area contributed by atoms with Crippen molar-refractivity contribution in [2.45, 2.75) is 20.5 Å². The van der Waals surface area contributed by atoms with Crippen molar-refractivity contribution in [1.82, 2.24) is 9.88 Å². The van der Waals surface area contributed by atoms with E-state index in [1.165, 1.54) is 12.1 Å². The Morgan fingerprint density at radius 1 is 1.25 bits per heavy atom. The zero-order valence-corrected chi connectivity index (χ0v) is 15.3. The van der Waals surface area contributed by atoms with Gasteiger partial charge in [-0.1, -0.05) is 0 Å². The summed E-state index contributed by atoms with van der Waals surface area (Å²) in [5.74, 6) is -0.928. The van der Waals surface area contributed by atoms with E-state index in [0.717, 1.165) is 12.6 Å². The molecule has 1 aromatic heterocycles. The van der Waals surface area contributed by atoms with Crippen LogP contribution in [0.3, 0.4) is 0 Å². The number of nitrogens with zero attached hydrogens (tertiary/aromatic N) is 3. The Morgan fingerprint density at radius 2 is 1.92 bits per heavy atom. The second-order valence-electron chi connectivity index (χ2n) is 5.26. The Morgan fingerprint density at radius 3 is 2.54 bits per heavy atom. The third-order valence-corrected chi connectivity index (χ3v) is 3.87. The molecule has 2 rings (SSSR count). The summed E-state index contributed by atoms with van der Waals surface area (Å²) in [6.45, 7) is 4.71. The number of hydrogen-bond donors (Lipinski definition) is 0. The van der Waals surface area contributed by atoms with Crippen LogP contribution < -0.4 is 4.74 Å². The van der Waals surface area contributed by atoms with Gasteiger partial charge in [0.05, 0.1) is 22.2 Å². The first-order valence-corrected chi connectivity index (χ1v) is 8.17. The minimum atomic E-state index is -0.637. The van der Waals surface area contributed by atoms with Crippen LogP contribution in [0.2, 0.25) is 0 Å². The molecule has 0 aliphatic rings. The van der Waals surface area contributed by atoms with Gasteiger partial charge in [0.15, 0.2) is 0 Å². The Labute approximate surface area is 148 Å². The third kappa shape index (κ3) is 4.99. The molecule has 1 heterocycles. The zero-order valence-electron chi connectivity index (χ0n) is 13.7. The summed E-state index contributed by atoms with van der Waals surface area (Å²) in [5.41, 5.74) is 1.80. The minimum Gasteiger partial charge on any atom is -0.472 e. The molecule has 7 heteroatoms. The molecule has 0 radical (unpaired) electrons. The standard InChI is InChI=1S/C17H18BrF2N3O/c1-4-23(3)10-21-16-8-15(18)17(22-11(16)2)24-9-12-5-13(19)7-14(20)6-12/h5-8,10H,4,9H2,1-3H3/b21-10+. The monoisotopic (exact) mass is 397 g/mol. The molecule has 1 aromatic carbocycles. The van der Waals surface area contributed by atoms with E-state index in [1.807, 2.05) is 25.8 Å². The fourth-order valence-corrected chi connectivity index (χ4v) is 2.29. The van der Waals surface area contributed by atoms with Crippen molar-refractivity contribution < 1.29 is 13.5 Å². The Bertz CT molecular complexity index is 733. The topological polar surface area (TPSA) is 37.7 Å². The van der Waals surface area contributed by atoms with Crippen LogP contribution in [0.4, 0.5) is 14.5 Å². The summed E-state index contributed by atoms with van der Waals surface area (Å²) in [7, 11) is 1.93. The molecule has 0 amide bonds. The molecule has 4 nitrogen and oxygen atoms in total. The lowest BCUT2D eigenvalue weighted by Crippen LogP contribution is -2.14. The fourth-order valence-electron chi connectivity index (χ4n) is 1.87. The quantitative estimate of drug-likeness (QED) is 0.527. The first kappa shape index (κ1) is 18.3. The predicted octanol–water partition coefficient (Wildman–Crippen LogP) is 4.62. The highest BCUT2D eigenvalue weighted by Crippen LogP contribution is 2.30. The maximum atomic E-state index is 13.2. The molecule has 0 saturated heterocycles. The summed E-state index contributed by atoms with van der Waals surface area (Å²) < 4.78 is 32.6. The van der Waals surface area contributed by atoms with Gasteiger partial charge in [-0.15, -0.1) is 0 Å². The number of pyridine rings is 1. The smallest absolute Gasteiger partial charge is 0.228 e. The van der Waals surface area contributed by atoms with Crippen LogP contribution in [0.1, 0.15) is 18.2 Å². The number of rotatable bonds is 6. The highest BCUT2D eigenvalue weighted by atomic mass is 79.9. The minimum absolute atomic E-state index is 0.0148. The summed E-state index contributed by atoms with van der Waals surface area (Å²) >= 11 is 3.38. The normalized spacial score (nSPS) is 11.1. The zero-order chi connectivity index (χ0) is 17.7. The van der Waals surface area contributed by atoms with Crippen LogP contribution in [0.15, 0.2) is 33.7 Å². The number of ether oxygens (including phenoxy) is 1. The van der Waals surface area contributed by atoms with Crippen molar-refractivity contribution in [3.05, 3.63) is 51.6 Å². The van der Waals surface area contributed by atoms with Gasteiger partial charge in [0.1, 0.15) is 18.2 Å². The molecule has 0 atom stereocenters. The van der Waals surface area contributed by atoms with Gasteiger partial charge >= 0.3 is 0 Å². The van der Waals surface area contributed by atoms with Gasteiger partial charge in [-0.2, -0.15) is 0 Å². The average Bonchev–Trinajstić information content (AvgIpc) is 2.52. The Balaban J connectivity index is 2.14. The second-order valence-corrected chi connectivity index (χ2v) is 6.12. The van der Waals surface area contributed by atoms with Crippen LogP contribution >= 0.6 is 15.9 Å². The van der Waals surface area contributed by atoms with Crippen molar-refractivity contribution in [3.63, 3.8) is 0 Å². The lowest BCUT2D eigenvalue weighted by atomic mass is 10.2. The largest absolute Gasteiger partial charge is 0.472 e. The summed E-state index contributed by atoms with van der Waals surface area (Å²) in [4.78, 5) is 10.7. The molecule has 0 fully saturated rings. The van der Waals surface area contributed by atoms with Gasteiger partial charge < -0.3 is 9.64 Å². The van der Waals surface area contributed by atoms with E-state index in [-0.39, 0.29) is 6.61 Å². The number of aryl methyl sites for hydroxylation is 1. The highest BCUT2D eigenvalue weighted by molar-refractivity contribution is 9.10. The number of aliphatic imine (C=N–C) groups is 1. The lowest BCUT2D eigenvalue weighted by molar-refractivity contribution is 0.290. The summed E-state index contributed by atoms with van der Waals surface area (Å²) in [5, 5.41) is 0. The van der Waals surface area contributed by atoms with E-state index in [0.29, 0.717) is 27.3 Å². The van der Waals surface area contributed by atoms with Crippen LogP contribution in [0, 0.1) is 18.6 Å². The molecule has 0 aliphatic heterocycles. The van der Waals surface area contributed by atoms with Crippen molar-refractivity contribution in [2.24, 2.45) is 4.99 Å². The number of aromatic nitrogens is 1. The highest BCUT2D eigenvalue weighted by Gasteiger charge is 2.09. The van der Waals surface area contributed by atoms with Crippen molar-refractivity contribution in [1.29, 1.82) is 0 Å². The van der Waals surface area contributed by atoms with E-state index in [2.05, 4.69) is 25.9 Å². The van der Waals surface area contributed by atoms with Crippen LogP contribution in [0.5, 0.6) is 5.88 Å². The van der Waals surface area contributed by atoms with Crippen molar-refractivity contribution in [2.75, 3.05) is 13.6 Å². The van der Waals surface area contributed by atoms with Gasteiger partial charge in [-0.05, 0) is 53.5 Å². The molecule has 24 heavy (non-hydrogen) atoms. The second kappa shape index (κ2) is 8.19. The molecule has 2 aromatic rings. The fraction of sp³-hybridized carbons (Fsp3) is 0.294. The van der Waals surface area contributed by atoms with E-state index in [1.54, 1.807) is 12.4 Å². The van der Waals surface area contributed by atoms with Gasteiger partial charge in [0, 0.05) is 19.7 Å². The van der Waals surface area contributed by atoms with E-state index in [9.17, 15) is 8.78 Å². The number of halogens is 3. The average molecular weight is 398 g/mol. The SMILES string of the molecule is CCN(C)/C=N/c1cc(Br)c(OCc2cc(F)cc(F)c2)nc1C. The first-order valence-electron chi connectivity index (χ1n) is 7.38. The lowest BCUT2D eigenvalue weighted by Gasteiger charge is -2.11. The Hall–Kier alpha value is -2.02. The van der Waals surface area contributed by atoms with E-state index in [4.69, 9.17) is 4.74 Å². The third-order valence-electron chi connectivity index (χ3n) is 3.30. The van der Waals surface area contributed by atoms with Crippen LogP contribution in [-0.2, 0) is 6.61 Å². The molecule has 0 saturated carbocycles. The van der Waals surface area contributed by atoms with E-state index < -0.39 is 11.6 Å². The molecular formula is C17H18BrF2N3O. The maximum Gasteiger partial charge on any atom is 0.228 e. The van der Waals surface area contributed by atoms with Crippen molar-refractivity contribution >= 4 is 28.0 Å². The van der Waals surface area contributed by atoms with Crippen LogP contribution in [0.25, 0.3) is 0 Å². The van der Waals surface area contributed by atoms with Gasteiger partial charge in [0.2, 0.25) is 5.88 Å². The van der Waals surface area contributed by atoms with Gasteiger partial charge in [0.25, 0.3) is 0 Å². The van der Waals surface area contributed by atoms with E-state index >= 15 is 0 Å².